The van der Waals surface area contributed by atoms with Crippen LogP contribution in [0.1, 0.15) is 42.0 Å². The molecule has 1 N–H and O–H groups in total. The van der Waals surface area contributed by atoms with Crippen LogP contribution in [0.3, 0.4) is 0 Å². The SMILES string of the molecule is CC[C@H](C)NC(=O)c1ccc(CSc2nnc(COC)n2-c2ccc(F)cc2)cc1. The number of nitrogens with one attached hydrogen (secondary N) is 1. The summed E-state index contributed by atoms with van der Waals surface area (Å²) in [4.78, 5) is 12.2. The third-order valence-electron chi connectivity index (χ3n) is 4.63. The van der Waals surface area contributed by atoms with Gasteiger partial charge in [0.1, 0.15) is 12.4 Å². The summed E-state index contributed by atoms with van der Waals surface area (Å²) in [5.74, 6) is 0.929. The molecule has 6 nitrogen and oxygen atoms in total. The van der Waals surface area contributed by atoms with Gasteiger partial charge in [-0.15, -0.1) is 10.2 Å². The number of ether oxygens (including phenoxy) is 1. The average Bonchev–Trinajstić information content (AvgIpc) is 3.16. The maximum absolute atomic E-state index is 13.3. The molecule has 0 aliphatic heterocycles. The number of aromatic nitrogens is 3. The van der Waals surface area contributed by atoms with Crippen molar-refractivity contribution in [1.82, 2.24) is 20.1 Å². The zero-order valence-electron chi connectivity index (χ0n) is 17.3. The van der Waals surface area contributed by atoms with E-state index >= 15 is 0 Å². The lowest BCUT2D eigenvalue weighted by molar-refractivity contribution is 0.0939. The Morgan fingerprint density at radius 3 is 2.50 bits per heavy atom. The Hall–Kier alpha value is -2.71. The first kappa shape index (κ1) is 22.0. The highest BCUT2D eigenvalue weighted by molar-refractivity contribution is 7.98. The molecule has 158 valence electrons. The summed E-state index contributed by atoms with van der Waals surface area (Å²) in [6, 6.07) is 13.9. The van der Waals surface area contributed by atoms with Crippen molar-refractivity contribution < 1.29 is 13.9 Å². The van der Waals surface area contributed by atoms with Crippen molar-refractivity contribution in [3.8, 4) is 5.69 Å². The summed E-state index contributed by atoms with van der Waals surface area (Å²) in [6.07, 6.45) is 0.889. The Bertz CT molecular complexity index is 974. The summed E-state index contributed by atoms with van der Waals surface area (Å²) in [7, 11) is 1.59. The molecule has 1 atom stereocenters. The lowest BCUT2D eigenvalue weighted by atomic mass is 10.1. The molecule has 0 aliphatic carbocycles. The van der Waals surface area contributed by atoms with E-state index in [1.54, 1.807) is 19.2 Å². The summed E-state index contributed by atoms with van der Waals surface area (Å²) >= 11 is 1.51. The minimum Gasteiger partial charge on any atom is -0.377 e. The summed E-state index contributed by atoms with van der Waals surface area (Å²) in [6.45, 7) is 4.32. The van der Waals surface area contributed by atoms with E-state index in [2.05, 4.69) is 15.5 Å². The molecule has 0 radical (unpaired) electrons. The summed E-state index contributed by atoms with van der Waals surface area (Å²) in [5.41, 5.74) is 2.47. The number of hydrogen-bond donors (Lipinski definition) is 1. The van der Waals surface area contributed by atoms with Crippen LogP contribution in [0.15, 0.2) is 53.7 Å². The first-order chi connectivity index (χ1) is 14.5. The first-order valence-electron chi connectivity index (χ1n) is 9.73. The molecule has 1 aromatic heterocycles. The smallest absolute Gasteiger partial charge is 0.251 e. The molecule has 0 fully saturated rings. The van der Waals surface area contributed by atoms with E-state index in [1.165, 1.54) is 23.9 Å². The molecule has 2 aromatic carbocycles. The van der Waals surface area contributed by atoms with E-state index in [1.807, 2.05) is 42.7 Å². The standard InChI is InChI=1S/C22H25FN4O2S/c1-4-15(2)24-21(28)17-7-5-16(6-8-17)14-30-22-26-25-20(13-29-3)27(22)19-11-9-18(23)10-12-19/h5-12,15H,4,13-14H2,1-3H3,(H,24,28)/t15-/m0/s1. The molecule has 0 spiro atoms. The van der Waals surface area contributed by atoms with Crippen molar-refractivity contribution in [1.29, 1.82) is 0 Å². The second-order valence-electron chi connectivity index (χ2n) is 6.91. The van der Waals surface area contributed by atoms with E-state index in [9.17, 15) is 9.18 Å². The van der Waals surface area contributed by atoms with Crippen LogP contribution < -0.4 is 5.32 Å². The number of carbonyl (C=O) groups excluding carboxylic acids is 1. The zero-order valence-corrected chi connectivity index (χ0v) is 18.1. The van der Waals surface area contributed by atoms with Crippen LogP contribution >= 0.6 is 11.8 Å². The van der Waals surface area contributed by atoms with Gasteiger partial charge < -0.3 is 10.1 Å². The van der Waals surface area contributed by atoms with Gasteiger partial charge >= 0.3 is 0 Å². The second-order valence-corrected chi connectivity index (χ2v) is 7.85. The van der Waals surface area contributed by atoms with Crippen LogP contribution in [0.25, 0.3) is 5.69 Å². The lowest BCUT2D eigenvalue weighted by Crippen LogP contribution is -2.31. The number of methoxy groups -OCH3 is 1. The van der Waals surface area contributed by atoms with Gasteiger partial charge in [-0.05, 0) is 55.3 Å². The van der Waals surface area contributed by atoms with Crippen molar-refractivity contribution in [3.05, 3.63) is 71.3 Å². The zero-order chi connectivity index (χ0) is 21.5. The maximum Gasteiger partial charge on any atom is 0.251 e. The Morgan fingerprint density at radius 2 is 1.87 bits per heavy atom. The first-order valence-corrected chi connectivity index (χ1v) is 10.7. The molecule has 0 unspecified atom stereocenters. The highest BCUT2D eigenvalue weighted by atomic mass is 32.2. The Labute approximate surface area is 179 Å². The molecule has 1 amide bonds. The fourth-order valence-electron chi connectivity index (χ4n) is 2.78. The highest BCUT2D eigenvalue weighted by Crippen LogP contribution is 2.26. The molecular formula is C22H25FN4O2S. The van der Waals surface area contributed by atoms with E-state index in [0.717, 1.165) is 17.7 Å². The van der Waals surface area contributed by atoms with Crippen LogP contribution in [0.2, 0.25) is 0 Å². The summed E-state index contributed by atoms with van der Waals surface area (Å²) < 4.78 is 20.4. The van der Waals surface area contributed by atoms with Crippen molar-refractivity contribution in [3.63, 3.8) is 0 Å². The average molecular weight is 429 g/mol. The van der Waals surface area contributed by atoms with Crippen molar-refractivity contribution in [2.24, 2.45) is 0 Å². The van der Waals surface area contributed by atoms with Crippen molar-refractivity contribution >= 4 is 17.7 Å². The van der Waals surface area contributed by atoms with Crippen molar-refractivity contribution in [2.75, 3.05) is 7.11 Å². The third-order valence-corrected chi connectivity index (χ3v) is 5.63. The number of halogens is 1. The molecule has 0 saturated carbocycles. The van der Waals surface area contributed by atoms with Gasteiger partial charge in [-0.1, -0.05) is 30.8 Å². The maximum atomic E-state index is 13.3. The van der Waals surface area contributed by atoms with Crippen molar-refractivity contribution in [2.45, 2.75) is 43.8 Å². The molecule has 0 saturated heterocycles. The van der Waals surface area contributed by atoms with E-state index in [4.69, 9.17) is 4.74 Å². The van der Waals surface area contributed by atoms with Crippen LogP contribution in [0, 0.1) is 5.82 Å². The normalized spacial score (nSPS) is 12.0. The number of nitrogens with zero attached hydrogens (tertiary/aromatic N) is 3. The molecule has 0 bridgehead atoms. The monoisotopic (exact) mass is 428 g/mol. The van der Waals surface area contributed by atoms with Gasteiger partial charge in [0.2, 0.25) is 0 Å². The Kier molecular flexibility index (Phi) is 7.59. The minimum atomic E-state index is -0.299. The highest BCUT2D eigenvalue weighted by Gasteiger charge is 2.15. The lowest BCUT2D eigenvalue weighted by Gasteiger charge is -2.12. The van der Waals surface area contributed by atoms with Gasteiger partial charge in [-0.3, -0.25) is 9.36 Å². The molecule has 0 aliphatic rings. The van der Waals surface area contributed by atoms with Gasteiger partial charge in [0.05, 0.1) is 0 Å². The van der Waals surface area contributed by atoms with Gasteiger partial charge in [0, 0.05) is 30.2 Å². The van der Waals surface area contributed by atoms with E-state index in [-0.39, 0.29) is 17.8 Å². The van der Waals surface area contributed by atoms with Crippen LogP contribution in [0.5, 0.6) is 0 Å². The van der Waals surface area contributed by atoms with Gasteiger partial charge in [-0.2, -0.15) is 0 Å². The van der Waals surface area contributed by atoms with E-state index < -0.39 is 0 Å². The van der Waals surface area contributed by atoms with Crippen LogP contribution in [-0.2, 0) is 17.1 Å². The molecule has 30 heavy (non-hydrogen) atoms. The summed E-state index contributed by atoms with van der Waals surface area (Å²) in [5, 5.41) is 12.1. The molecule has 1 heterocycles. The molecule has 3 rings (SSSR count). The number of hydrogen-bond acceptors (Lipinski definition) is 5. The Balaban J connectivity index is 1.73. The largest absolute Gasteiger partial charge is 0.377 e. The van der Waals surface area contributed by atoms with Gasteiger partial charge in [0.15, 0.2) is 11.0 Å². The second kappa shape index (κ2) is 10.4. The fraction of sp³-hybridized carbons (Fsp3) is 0.318. The quantitative estimate of drug-likeness (QED) is 0.513. The fourth-order valence-corrected chi connectivity index (χ4v) is 3.70. The number of thioether (sulfide) groups is 1. The molecule has 3 aromatic rings. The molecular weight excluding hydrogens is 403 g/mol. The van der Waals surface area contributed by atoms with Crippen LogP contribution in [-0.4, -0.2) is 33.8 Å². The number of rotatable bonds is 9. The van der Waals surface area contributed by atoms with Crippen LogP contribution in [0.4, 0.5) is 4.39 Å². The molecule has 8 heteroatoms. The van der Waals surface area contributed by atoms with Gasteiger partial charge in [0.25, 0.3) is 5.91 Å². The predicted molar refractivity (Wildman–Crippen MR) is 115 cm³/mol. The predicted octanol–water partition coefficient (Wildman–Crippen LogP) is 4.37. The number of benzene rings is 2. The van der Waals surface area contributed by atoms with E-state index in [0.29, 0.717) is 28.9 Å². The number of carbonyl (C=O) groups is 1. The topological polar surface area (TPSA) is 69.0 Å². The Morgan fingerprint density at radius 1 is 1.17 bits per heavy atom. The van der Waals surface area contributed by atoms with Gasteiger partial charge in [-0.25, -0.2) is 4.39 Å². The minimum absolute atomic E-state index is 0.0659. The number of amides is 1. The third kappa shape index (κ3) is 5.46.